The summed E-state index contributed by atoms with van der Waals surface area (Å²) >= 11 is 0. The maximum atomic E-state index is 10.3. The average Bonchev–Trinajstić information content (AvgIpc) is 2.68. The Morgan fingerprint density at radius 1 is 1.43 bits per heavy atom. The van der Waals surface area contributed by atoms with Gasteiger partial charge in [0.25, 0.3) is 0 Å². The van der Waals surface area contributed by atoms with E-state index in [4.69, 9.17) is 0 Å². The number of aliphatic hydroxyl groups is 1. The van der Waals surface area contributed by atoms with Crippen molar-refractivity contribution in [2.75, 3.05) is 0 Å². The summed E-state index contributed by atoms with van der Waals surface area (Å²) in [6.45, 7) is 7.31. The van der Waals surface area contributed by atoms with Crippen molar-refractivity contribution in [2.24, 2.45) is 0 Å². The quantitative estimate of drug-likeness (QED) is 0.521. The molecule has 0 saturated carbocycles. The molecule has 76 valence electrons. The molecule has 0 aliphatic heterocycles. The van der Waals surface area contributed by atoms with Crippen LogP contribution in [-0.2, 0) is 5.72 Å². The highest BCUT2D eigenvalue weighted by atomic mass is 16.3. The van der Waals surface area contributed by atoms with E-state index in [0.29, 0.717) is 12.8 Å². The number of aromatic amines is 1. The van der Waals surface area contributed by atoms with Gasteiger partial charge in [-0.15, -0.1) is 13.2 Å². The minimum absolute atomic E-state index is 0.531. The molecule has 0 radical (unpaired) electrons. The van der Waals surface area contributed by atoms with Crippen LogP contribution in [0.4, 0.5) is 0 Å². The maximum Gasteiger partial charge on any atom is 0.243 e. The number of nitrogens with zero attached hydrogens (tertiary/aromatic N) is 1. The summed E-state index contributed by atoms with van der Waals surface area (Å²) in [5.74, 6) is 0. The first-order valence-electron chi connectivity index (χ1n) is 4.71. The number of hydrogen-bond donors (Lipinski definition) is 2. The molecule has 0 saturated heterocycles. The molecule has 0 bridgehead atoms. The molecule has 3 nitrogen and oxygen atoms in total. The van der Waals surface area contributed by atoms with Crippen molar-refractivity contribution in [1.82, 2.24) is 4.98 Å². The zero-order chi connectivity index (χ0) is 10.4. The summed E-state index contributed by atoms with van der Waals surface area (Å²) in [6, 6.07) is 0. The Labute approximate surface area is 84.4 Å². The number of rotatable bonds is 6. The van der Waals surface area contributed by atoms with Gasteiger partial charge in [-0.1, -0.05) is 12.2 Å². The van der Waals surface area contributed by atoms with Gasteiger partial charge in [0.05, 0.1) is 0 Å². The van der Waals surface area contributed by atoms with E-state index in [2.05, 4.69) is 18.1 Å². The van der Waals surface area contributed by atoms with Gasteiger partial charge in [-0.05, 0) is 6.42 Å². The summed E-state index contributed by atoms with van der Waals surface area (Å²) in [7, 11) is 0. The van der Waals surface area contributed by atoms with Crippen molar-refractivity contribution >= 4 is 0 Å². The second-order valence-electron chi connectivity index (χ2n) is 3.32. The molecule has 1 heterocycles. The van der Waals surface area contributed by atoms with E-state index in [1.165, 1.54) is 0 Å². The second kappa shape index (κ2) is 4.77. The highest BCUT2D eigenvalue weighted by molar-refractivity contribution is 4.78. The third-order valence-electron chi connectivity index (χ3n) is 2.25. The molecule has 1 atom stereocenters. The first-order chi connectivity index (χ1) is 6.73. The highest BCUT2D eigenvalue weighted by Crippen LogP contribution is 2.17. The molecule has 1 aromatic rings. The standard InChI is InChI=1S/C11H16N2O/c1-3-5-7-11(14,6-4-2)13-9-8-12-10-13/h3-4,8-10,14H,1-2,5-7H2/p+1. The Balaban J connectivity index is 2.80. The summed E-state index contributed by atoms with van der Waals surface area (Å²) in [4.78, 5) is 2.91. The Morgan fingerprint density at radius 2 is 2.21 bits per heavy atom. The number of allylic oxidation sites excluding steroid dienone is 1. The fourth-order valence-electron chi connectivity index (χ4n) is 1.45. The van der Waals surface area contributed by atoms with Crippen molar-refractivity contribution in [3.63, 3.8) is 0 Å². The molecule has 0 aromatic carbocycles. The van der Waals surface area contributed by atoms with Crippen molar-refractivity contribution in [3.8, 4) is 0 Å². The summed E-state index contributed by atoms with van der Waals surface area (Å²) in [5, 5.41) is 10.3. The van der Waals surface area contributed by atoms with Crippen LogP contribution in [0, 0.1) is 0 Å². The summed E-state index contributed by atoms with van der Waals surface area (Å²) < 4.78 is 1.76. The van der Waals surface area contributed by atoms with Crippen LogP contribution < -0.4 is 4.57 Å². The fourth-order valence-corrected chi connectivity index (χ4v) is 1.45. The number of H-pyrrole nitrogens is 1. The molecule has 2 N–H and O–H groups in total. The zero-order valence-electron chi connectivity index (χ0n) is 8.32. The van der Waals surface area contributed by atoms with E-state index in [9.17, 15) is 5.11 Å². The molecule has 0 amide bonds. The van der Waals surface area contributed by atoms with Gasteiger partial charge < -0.3 is 5.11 Å². The topological polar surface area (TPSA) is 39.9 Å². The van der Waals surface area contributed by atoms with Crippen molar-refractivity contribution in [3.05, 3.63) is 44.0 Å². The third-order valence-corrected chi connectivity index (χ3v) is 2.25. The molecule has 1 unspecified atom stereocenters. The molecule has 0 fully saturated rings. The zero-order valence-corrected chi connectivity index (χ0v) is 8.32. The monoisotopic (exact) mass is 193 g/mol. The van der Waals surface area contributed by atoms with Crippen molar-refractivity contribution in [1.29, 1.82) is 0 Å². The van der Waals surface area contributed by atoms with Gasteiger partial charge in [0.2, 0.25) is 12.1 Å². The van der Waals surface area contributed by atoms with Crippen LogP contribution in [0.1, 0.15) is 19.3 Å². The van der Waals surface area contributed by atoms with E-state index in [0.717, 1.165) is 6.42 Å². The second-order valence-corrected chi connectivity index (χ2v) is 3.32. The predicted octanol–water partition coefficient (Wildman–Crippen LogP) is 1.49. The lowest BCUT2D eigenvalue weighted by atomic mass is 10.0. The number of nitrogens with one attached hydrogen (secondary N) is 1. The van der Waals surface area contributed by atoms with Crippen molar-refractivity contribution in [2.45, 2.75) is 25.0 Å². The van der Waals surface area contributed by atoms with Crippen LogP contribution in [0.5, 0.6) is 0 Å². The molecule has 3 heteroatoms. The van der Waals surface area contributed by atoms with Gasteiger partial charge in [-0.3, -0.25) is 4.98 Å². The minimum Gasteiger partial charge on any atom is -0.353 e. The molecular weight excluding hydrogens is 176 g/mol. The van der Waals surface area contributed by atoms with E-state index in [-0.39, 0.29) is 0 Å². The van der Waals surface area contributed by atoms with E-state index in [1.54, 1.807) is 29.2 Å². The number of imidazole rings is 1. The lowest BCUT2D eigenvalue weighted by Crippen LogP contribution is -2.54. The van der Waals surface area contributed by atoms with Crippen molar-refractivity contribution < 1.29 is 9.67 Å². The van der Waals surface area contributed by atoms with Crippen LogP contribution in [-0.4, -0.2) is 10.1 Å². The highest BCUT2D eigenvalue weighted by Gasteiger charge is 2.31. The van der Waals surface area contributed by atoms with Crippen LogP contribution in [0.25, 0.3) is 0 Å². The lowest BCUT2D eigenvalue weighted by molar-refractivity contribution is -0.806. The smallest absolute Gasteiger partial charge is 0.243 e. The van der Waals surface area contributed by atoms with Crippen LogP contribution >= 0.6 is 0 Å². The van der Waals surface area contributed by atoms with Crippen LogP contribution in [0.3, 0.4) is 0 Å². The summed E-state index contributed by atoms with van der Waals surface area (Å²) in [5.41, 5.74) is -0.879. The number of aromatic nitrogens is 2. The summed E-state index contributed by atoms with van der Waals surface area (Å²) in [6.07, 6.45) is 10.8. The van der Waals surface area contributed by atoms with Gasteiger partial charge >= 0.3 is 0 Å². The Kier molecular flexibility index (Phi) is 3.65. The van der Waals surface area contributed by atoms with E-state index >= 15 is 0 Å². The predicted molar refractivity (Wildman–Crippen MR) is 55.4 cm³/mol. The Morgan fingerprint density at radius 3 is 2.71 bits per heavy atom. The average molecular weight is 193 g/mol. The van der Waals surface area contributed by atoms with E-state index in [1.807, 2.05) is 6.20 Å². The normalized spacial score (nSPS) is 14.6. The van der Waals surface area contributed by atoms with E-state index < -0.39 is 5.72 Å². The Bertz CT molecular complexity index is 292. The minimum atomic E-state index is -0.879. The molecule has 0 spiro atoms. The maximum absolute atomic E-state index is 10.3. The molecule has 1 rings (SSSR count). The molecule has 0 aliphatic carbocycles. The fraction of sp³-hybridized carbons (Fsp3) is 0.364. The lowest BCUT2D eigenvalue weighted by Gasteiger charge is -2.22. The Hall–Kier alpha value is -1.35. The third kappa shape index (κ3) is 2.33. The van der Waals surface area contributed by atoms with Crippen LogP contribution in [0.2, 0.25) is 0 Å². The van der Waals surface area contributed by atoms with Gasteiger partial charge in [0.1, 0.15) is 12.4 Å². The first-order valence-corrected chi connectivity index (χ1v) is 4.71. The van der Waals surface area contributed by atoms with Gasteiger partial charge in [-0.25, -0.2) is 4.57 Å². The van der Waals surface area contributed by atoms with Crippen LogP contribution in [0.15, 0.2) is 44.0 Å². The largest absolute Gasteiger partial charge is 0.353 e. The molecular formula is C11H17N2O+. The first kappa shape index (κ1) is 10.7. The molecule has 1 aromatic heterocycles. The molecule has 0 aliphatic rings. The van der Waals surface area contributed by atoms with Gasteiger partial charge in [0, 0.05) is 12.8 Å². The number of hydrogen-bond acceptors (Lipinski definition) is 1. The SMILES string of the molecule is C=CCCC(O)(CC=C)[n+]1cc[nH]c1. The van der Waals surface area contributed by atoms with Gasteiger partial charge in [-0.2, -0.15) is 0 Å². The van der Waals surface area contributed by atoms with Gasteiger partial charge in [0.15, 0.2) is 0 Å². The molecule has 14 heavy (non-hydrogen) atoms.